The number of fused-ring (bicyclic) bond motifs is 2. The predicted octanol–water partition coefficient (Wildman–Crippen LogP) is 6.06. The first-order valence-corrected chi connectivity index (χ1v) is 11.1. The Morgan fingerprint density at radius 2 is 1.90 bits per heavy atom. The molecule has 2 aromatic carbocycles. The van der Waals surface area contributed by atoms with Gasteiger partial charge in [0.05, 0.1) is 16.6 Å². The molecular formula is C26H30FN3O. The number of rotatable bonds is 6. The van der Waals surface area contributed by atoms with E-state index >= 15 is 0 Å². The number of hydrogen-bond acceptors (Lipinski definition) is 3. The summed E-state index contributed by atoms with van der Waals surface area (Å²) in [6.07, 6.45) is 3.79. The molecule has 1 N–H and O–H groups in total. The summed E-state index contributed by atoms with van der Waals surface area (Å²) < 4.78 is 16.2. The van der Waals surface area contributed by atoms with Crippen LogP contribution in [0.25, 0.3) is 22.6 Å². The molecule has 1 aliphatic heterocycles. The average molecular weight is 420 g/mol. The van der Waals surface area contributed by atoms with Crippen molar-refractivity contribution in [3.63, 3.8) is 0 Å². The van der Waals surface area contributed by atoms with Gasteiger partial charge in [0.1, 0.15) is 11.6 Å². The molecule has 0 amide bonds. The molecule has 0 atom stereocenters. The third-order valence-electron chi connectivity index (χ3n) is 5.92. The predicted molar refractivity (Wildman–Crippen MR) is 127 cm³/mol. The van der Waals surface area contributed by atoms with Gasteiger partial charge >= 0.3 is 0 Å². The van der Waals surface area contributed by atoms with Gasteiger partial charge in [-0.3, -0.25) is 9.36 Å². The topological polar surface area (TPSA) is 46.9 Å². The molecule has 5 heteroatoms. The largest absolute Gasteiger partial charge is 0.383 e. The van der Waals surface area contributed by atoms with Gasteiger partial charge in [-0.1, -0.05) is 52.0 Å². The normalized spacial score (nSPS) is 14.7. The Kier molecular flexibility index (Phi) is 5.94. The lowest BCUT2D eigenvalue weighted by Crippen LogP contribution is -2.21. The summed E-state index contributed by atoms with van der Waals surface area (Å²) in [7, 11) is 0. The van der Waals surface area contributed by atoms with Crippen LogP contribution in [0.3, 0.4) is 0 Å². The van der Waals surface area contributed by atoms with Gasteiger partial charge < -0.3 is 5.32 Å². The van der Waals surface area contributed by atoms with Crippen molar-refractivity contribution in [3.8, 4) is 0 Å². The molecule has 1 aromatic heterocycles. The lowest BCUT2D eigenvalue weighted by molar-refractivity contribution is 0.600. The fourth-order valence-corrected chi connectivity index (χ4v) is 3.98. The van der Waals surface area contributed by atoms with Crippen molar-refractivity contribution in [2.75, 3.05) is 11.9 Å². The van der Waals surface area contributed by atoms with Crippen LogP contribution >= 0.6 is 0 Å². The molecule has 0 saturated carbocycles. The molecule has 2 heterocycles. The Balaban J connectivity index is 1.71. The molecule has 4 nitrogen and oxygen atoms in total. The fourth-order valence-electron chi connectivity index (χ4n) is 3.98. The lowest BCUT2D eigenvalue weighted by atomic mass is 10.0. The maximum Gasteiger partial charge on any atom is 0.261 e. The highest BCUT2D eigenvalue weighted by Gasteiger charge is 2.22. The van der Waals surface area contributed by atoms with E-state index in [1.165, 1.54) is 11.6 Å². The Labute approximate surface area is 182 Å². The number of aromatic nitrogens is 2. The van der Waals surface area contributed by atoms with Crippen molar-refractivity contribution < 1.29 is 4.39 Å². The third-order valence-corrected chi connectivity index (χ3v) is 5.92. The maximum atomic E-state index is 14.6. The molecule has 0 bridgehead atoms. The second-order valence-corrected chi connectivity index (χ2v) is 9.09. The molecular weight excluding hydrogens is 389 g/mol. The molecule has 31 heavy (non-hydrogen) atoms. The number of allylic oxidation sites excluding steroid dienone is 1. The van der Waals surface area contributed by atoms with Crippen LogP contribution in [0, 0.1) is 11.7 Å². The summed E-state index contributed by atoms with van der Waals surface area (Å²) in [6.45, 7) is 9.88. The van der Waals surface area contributed by atoms with E-state index in [1.54, 1.807) is 10.6 Å². The zero-order chi connectivity index (χ0) is 22.1. The van der Waals surface area contributed by atoms with E-state index < -0.39 is 5.82 Å². The molecule has 4 rings (SSSR count). The molecule has 3 aromatic rings. The minimum atomic E-state index is -0.408. The standard InChI is InChI=1S/C26H30FN3O/c1-16(2)9-11-28-24-15-23-21(14-22(24)27)26(31)30-12-10-20(25(30)29-23)13-18-5-7-19(8-6-18)17(3)4/h5-8,13-17,28H,9-12H2,1-4H3/b20-13+. The van der Waals surface area contributed by atoms with Crippen LogP contribution < -0.4 is 10.9 Å². The van der Waals surface area contributed by atoms with Crippen molar-refractivity contribution in [3.05, 3.63) is 69.5 Å². The second-order valence-electron chi connectivity index (χ2n) is 9.09. The van der Waals surface area contributed by atoms with E-state index in [9.17, 15) is 9.18 Å². The lowest BCUT2D eigenvalue weighted by Gasteiger charge is -2.11. The number of nitrogens with one attached hydrogen (secondary N) is 1. The van der Waals surface area contributed by atoms with Crippen molar-refractivity contribution in [1.82, 2.24) is 9.55 Å². The van der Waals surface area contributed by atoms with Gasteiger partial charge in [0, 0.05) is 13.1 Å². The van der Waals surface area contributed by atoms with Gasteiger partial charge in [0.25, 0.3) is 5.56 Å². The minimum Gasteiger partial charge on any atom is -0.383 e. The van der Waals surface area contributed by atoms with Crippen molar-refractivity contribution in [1.29, 1.82) is 0 Å². The van der Waals surface area contributed by atoms with Crippen molar-refractivity contribution >= 4 is 28.2 Å². The van der Waals surface area contributed by atoms with Crippen molar-refractivity contribution in [2.24, 2.45) is 5.92 Å². The maximum absolute atomic E-state index is 14.6. The molecule has 0 spiro atoms. The van der Waals surface area contributed by atoms with Crippen LogP contribution in [0.1, 0.15) is 63.4 Å². The number of benzene rings is 2. The molecule has 162 valence electrons. The first-order chi connectivity index (χ1) is 14.8. The van der Waals surface area contributed by atoms with E-state index in [1.807, 2.05) is 0 Å². The number of nitrogens with zero attached hydrogens (tertiary/aromatic N) is 2. The molecule has 0 radical (unpaired) electrons. The average Bonchev–Trinajstić information content (AvgIpc) is 3.12. The van der Waals surface area contributed by atoms with E-state index in [0.717, 1.165) is 24.0 Å². The molecule has 0 aliphatic carbocycles. The first-order valence-electron chi connectivity index (χ1n) is 11.1. The van der Waals surface area contributed by atoms with Crippen LogP contribution in [-0.2, 0) is 6.54 Å². The summed E-state index contributed by atoms with van der Waals surface area (Å²) in [5.74, 6) is 1.30. The minimum absolute atomic E-state index is 0.175. The SMILES string of the molecule is CC(C)CCNc1cc2nc3n(c(=O)c2cc1F)CC/C3=C\c1ccc(C(C)C)cc1. The Morgan fingerprint density at radius 3 is 2.58 bits per heavy atom. The van der Waals surface area contributed by atoms with E-state index in [4.69, 9.17) is 4.98 Å². The summed E-state index contributed by atoms with van der Waals surface area (Å²) in [5, 5.41) is 3.48. The molecule has 0 saturated heterocycles. The smallest absolute Gasteiger partial charge is 0.261 e. The van der Waals surface area contributed by atoms with Gasteiger partial charge in [-0.25, -0.2) is 9.37 Å². The number of halogens is 1. The van der Waals surface area contributed by atoms with E-state index in [2.05, 4.69) is 63.4 Å². The first kappa shape index (κ1) is 21.3. The number of hydrogen-bond donors (Lipinski definition) is 1. The van der Waals surface area contributed by atoms with Gasteiger partial charge in [-0.05, 0) is 59.6 Å². The highest BCUT2D eigenvalue weighted by Crippen LogP contribution is 2.29. The van der Waals surface area contributed by atoms with E-state index in [0.29, 0.717) is 47.3 Å². The fraction of sp³-hybridized carbons (Fsp3) is 0.385. The molecule has 0 fully saturated rings. The summed E-state index contributed by atoms with van der Waals surface area (Å²) in [5.41, 5.74) is 4.19. The van der Waals surface area contributed by atoms with Gasteiger partial charge in [-0.15, -0.1) is 0 Å². The Hall–Kier alpha value is -2.95. The van der Waals surface area contributed by atoms with Crippen LogP contribution in [0.15, 0.2) is 41.2 Å². The second kappa shape index (κ2) is 8.66. The third kappa shape index (κ3) is 4.41. The summed E-state index contributed by atoms with van der Waals surface area (Å²) in [6, 6.07) is 11.5. The zero-order valence-electron chi connectivity index (χ0n) is 18.7. The van der Waals surface area contributed by atoms with Crippen LogP contribution in [0.5, 0.6) is 0 Å². The quantitative estimate of drug-likeness (QED) is 0.528. The summed E-state index contributed by atoms with van der Waals surface area (Å²) in [4.78, 5) is 17.8. The monoisotopic (exact) mass is 419 g/mol. The van der Waals surface area contributed by atoms with Crippen molar-refractivity contribution in [2.45, 2.75) is 53.0 Å². The Morgan fingerprint density at radius 1 is 1.16 bits per heavy atom. The van der Waals surface area contributed by atoms with Crippen LogP contribution in [0.2, 0.25) is 0 Å². The highest BCUT2D eigenvalue weighted by molar-refractivity contribution is 5.86. The Bertz CT molecular complexity index is 1190. The van der Waals surface area contributed by atoms with Gasteiger partial charge in [-0.2, -0.15) is 0 Å². The number of anilines is 1. The van der Waals surface area contributed by atoms with E-state index in [-0.39, 0.29) is 5.56 Å². The zero-order valence-corrected chi connectivity index (χ0v) is 18.7. The van der Waals surface area contributed by atoms with Gasteiger partial charge in [0.2, 0.25) is 0 Å². The van der Waals surface area contributed by atoms with Crippen LogP contribution in [0.4, 0.5) is 10.1 Å². The summed E-state index contributed by atoms with van der Waals surface area (Å²) >= 11 is 0. The molecule has 1 aliphatic rings. The van der Waals surface area contributed by atoms with Crippen LogP contribution in [-0.4, -0.2) is 16.1 Å². The molecule has 0 unspecified atom stereocenters. The highest BCUT2D eigenvalue weighted by atomic mass is 19.1. The van der Waals surface area contributed by atoms with Gasteiger partial charge in [0.15, 0.2) is 0 Å².